The van der Waals surface area contributed by atoms with Gasteiger partial charge in [-0.25, -0.2) is 0 Å². The van der Waals surface area contributed by atoms with E-state index in [-0.39, 0.29) is 29.1 Å². The van der Waals surface area contributed by atoms with Crippen LogP contribution in [0.3, 0.4) is 0 Å². The number of aromatic nitrogens is 1. The Morgan fingerprint density at radius 3 is 2.48 bits per heavy atom. The first-order valence-electron chi connectivity index (χ1n) is 8.97. The van der Waals surface area contributed by atoms with E-state index >= 15 is 0 Å². The Balaban J connectivity index is 1.68. The van der Waals surface area contributed by atoms with E-state index in [1.165, 1.54) is 5.56 Å². The van der Waals surface area contributed by atoms with E-state index in [1.54, 1.807) is 11.3 Å². The topological polar surface area (TPSA) is 46.1 Å². The first kappa shape index (κ1) is 18.2. The molecule has 25 heavy (non-hydrogen) atoms. The molecule has 1 saturated heterocycles. The molecule has 4 nitrogen and oxygen atoms in total. The summed E-state index contributed by atoms with van der Waals surface area (Å²) in [5.74, 6) is 0.128. The van der Waals surface area contributed by atoms with Crippen molar-refractivity contribution in [3.8, 4) is 0 Å². The molecular formula is C20H29N3OS. The van der Waals surface area contributed by atoms with Crippen LogP contribution >= 0.6 is 11.3 Å². The first-order valence-corrected chi connectivity index (χ1v) is 9.92. The summed E-state index contributed by atoms with van der Waals surface area (Å²) in [6.07, 6.45) is 6.44. The number of carbonyl (C=O) groups excluding carboxylic acids is 1. The molecule has 2 N–H and O–H groups in total. The molecule has 3 rings (SSSR count). The van der Waals surface area contributed by atoms with E-state index in [0.717, 1.165) is 12.8 Å². The SMILES string of the molecule is CC1(C)CC(NC(=O)C[C@H](c2ccsc2)n2cccc2)CC(C)(C)N1. The van der Waals surface area contributed by atoms with Gasteiger partial charge in [-0.1, -0.05) is 0 Å². The van der Waals surface area contributed by atoms with E-state index < -0.39 is 0 Å². The molecule has 0 saturated carbocycles. The number of carbonyl (C=O) groups is 1. The van der Waals surface area contributed by atoms with Gasteiger partial charge in [0.05, 0.1) is 12.5 Å². The minimum atomic E-state index is 0.0346. The molecule has 3 heterocycles. The predicted molar refractivity (Wildman–Crippen MR) is 104 cm³/mol. The molecule has 0 spiro atoms. The fourth-order valence-electron chi connectivity index (χ4n) is 4.30. The van der Waals surface area contributed by atoms with E-state index in [2.05, 4.69) is 59.7 Å². The maximum Gasteiger partial charge on any atom is 0.222 e. The van der Waals surface area contributed by atoms with Crippen molar-refractivity contribution in [3.05, 3.63) is 46.9 Å². The van der Waals surface area contributed by atoms with Gasteiger partial charge in [0, 0.05) is 29.5 Å². The maximum atomic E-state index is 12.8. The van der Waals surface area contributed by atoms with Gasteiger partial charge < -0.3 is 15.2 Å². The lowest BCUT2D eigenvalue weighted by Crippen LogP contribution is -2.62. The summed E-state index contributed by atoms with van der Waals surface area (Å²) in [4.78, 5) is 12.8. The van der Waals surface area contributed by atoms with E-state index in [0.29, 0.717) is 6.42 Å². The van der Waals surface area contributed by atoms with E-state index in [1.807, 2.05) is 24.5 Å². The quantitative estimate of drug-likeness (QED) is 0.849. The third-order valence-corrected chi connectivity index (χ3v) is 5.55. The van der Waals surface area contributed by atoms with Gasteiger partial charge in [0.15, 0.2) is 0 Å². The second kappa shape index (κ2) is 6.96. The highest BCUT2D eigenvalue weighted by Crippen LogP contribution is 2.29. The van der Waals surface area contributed by atoms with Crippen LogP contribution in [0.4, 0.5) is 0 Å². The fourth-order valence-corrected chi connectivity index (χ4v) is 5.01. The van der Waals surface area contributed by atoms with Crippen LogP contribution in [0.25, 0.3) is 0 Å². The third kappa shape index (κ3) is 4.73. The Morgan fingerprint density at radius 1 is 1.28 bits per heavy atom. The van der Waals surface area contributed by atoms with Crippen LogP contribution in [0.1, 0.15) is 58.6 Å². The molecule has 1 fully saturated rings. The van der Waals surface area contributed by atoms with Crippen molar-refractivity contribution < 1.29 is 4.79 Å². The van der Waals surface area contributed by atoms with Crippen molar-refractivity contribution in [2.45, 2.75) is 70.1 Å². The van der Waals surface area contributed by atoms with Crippen molar-refractivity contribution in [1.29, 1.82) is 0 Å². The number of thiophene rings is 1. The molecule has 0 unspecified atom stereocenters. The highest BCUT2D eigenvalue weighted by atomic mass is 32.1. The number of hydrogen-bond donors (Lipinski definition) is 2. The Kier molecular flexibility index (Phi) is 5.07. The Labute approximate surface area is 154 Å². The lowest BCUT2D eigenvalue weighted by atomic mass is 9.79. The van der Waals surface area contributed by atoms with Gasteiger partial charge in [0.1, 0.15) is 0 Å². The summed E-state index contributed by atoms with van der Waals surface area (Å²) in [6.45, 7) is 8.84. The predicted octanol–water partition coefficient (Wildman–Crippen LogP) is 3.95. The average molecular weight is 360 g/mol. The van der Waals surface area contributed by atoms with Gasteiger partial charge >= 0.3 is 0 Å². The molecule has 0 aromatic carbocycles. The highest BCUT2D eigenvalue weighted by Gasteiger charge is 2.38. The van der Waals surface area contributed by atoms with Gasteiger partial charge in [-0.15, -0.1) is 0 Å². The summed E-state index contributed by atoms with van der Waals surface area (Å²) in [5, 5.41) is 11.2. The summed E-state index contributed by atoms with van der Waals surface area (Å²) in [7, 11) is 0. The lowest BCUT2D eigenvalue weighted by Gasteiger charge is -2.46. The molecular weight excluding hydrogens is 330 g/mol. The standard InChI is InChI=1S/C20H29N3OS/c1-19(2)12-16(13-20(3,4)22-19)21-18(24)11-17(15-7-10-25-14-15)23-8-5-6-9-23/h5-10,14,16-17,22H,11-13H2,1-4H3,(H,21,24)/t17-/m1/s1. The van der Waals surface area contributed by atoms with Crippen LogP contribution in [0.5, 0.6) is 0 Å². The van der Waals surface area contributed by atoms with E-state index in [9.17, 15) is 4.79 Å². The lowest BCUT2D eigenvalue weighted by molar-refractivity contribution is -0.122. The first-order chi connectivity index (χ1) is 11.7. The highest BCUT2D eigenvalue weighted by molar-refractivity contribution is 7.08. The molecule has 1 atom stereocenters. The molecule has 2 aromatic heterocycles. The molecule has 2 aromatic rings. The molecule has 0 radical (unpaired) electrons. The Bertz CT molecular complexity index is 638. The van der Waals surface area contributed by atoms with E-state index in [4.69, 9.17) is 0 Å². The largest absolute Gasteiger partial charge is 0.353 e. The molecule has 1 amide bonds. The number of rotatable bonds is 5. The smallest absolute Gasteiger partial charge is 0.222 e. The van der Waals surface area contributed by atoms with Crippen molar-refractivity contribution in [3.63, 3.8) is 0 Å². The minimum Gasteiger partial charge on any atom is -0.353 e. The van der Waals surface area contributed by atoms with Gasteiger partial charge in [-0.05, 0) is 75.1 Å². The zero-order valence-electron chi connectivity index (χ0n) is 15.6. The van der Waals surface area contributed by atoms with Crippen LogP contribution in [0, 0.1) is 0 Å². The van der Waals surface area contributed by atoms with Crippen molar-refractivity contribution in [2.75, 3.05) is 0 Å². The third-order valence-electron chi connectivity index (χ3n) is 4.85. The van der Waals surface area contributed by atoms with Crippen LogP contribution in [0.15, 0.2) is 41.4 Å². The normalized spacial score (nSPS) is 21.0. The number of hydrogen-bond acceptors (Lipinski definition) is 3. The minimum absolute atomic E-state index is 0.0346. The molecule has 1 aliphatic heterocycles. The summed E-state index contributed by atoms with van der Waals surface area (Å²) in [6, 6.07) is 6.40. The maximum absolute atomic E-state index is 12.8. The van der Waals surface area contributed by atoms with Gasteiger partial charge in [-0.2, -0.15) is 11.3 Å². The van der Waals surface area contributed by atoms with Crippen molar-refractivity contribution in [1.82, 2.24) is 15.2 Å². The Morgan fingerprint density at radius 2 is 1.92 bits per heavy atom. The van der Waals surface area contributed by atoms with Crippen LogP contribution in [-0.2, 0) is 4.79 Å². The summed E-state index contributed by atoms with van der Waals surface area (Å²) < 4.78 is 2.12. The molecule has 0 bridgehead atoms. The van der Waals surface area contributed by atoms with Crippen molar-refractivity contribution >= 4 is 17.2 Å². The van der Waals surface area contributed by atoms with Gasteiger partial charge in [0.2, 0.25) is 5.91 Å². The molecule has 136 valence electrons. The van der Waals surface area contributed by atoms with Crippen LogP contribution in [0.2, 0.25) is 0 Å². The van der Waals surface area contributed by atoms with Gasteiger partial charge in [0.25, 0.3) is 0 Å². The zero-order valence-corrected chi connectivity index (χ0v) is 16.4. The fraction of sp³-hybridized carbons (Fsp3) is 0.550. The second-order valence-corrected chi connectivity index (χ2v) is 9.25. The molecule has 0 aliphatic carbocycles. The van der Waals surface area contributed by atoms with Crippen molar-refractivity contribution in [2.24, 2.45) is 0 Å². The summed E-state index contributed by atoms with van der Waals surface area (Å²) in [5.41, 5.74) is 1.27. The van der Waals surface area contributed by atoms with Gasteiger partial charge in [-0.3, -0.25) is 4.79 Å². The Hall–Kier alpha value is -1.59. The zero-order chi connectivity index (χ0) is 18.1. The summed E-state index contributed by atoms with van der Waals surface area (Å²) >= 11 is 1.67. The van der Waals surface area contributed by atoms with Crippen LogP contribution < -0.4 is 10.6 Å². The number of piperidine rings is 1. The number of nitrogens with one attached hydrogen (secondary N) is 2. The number of nitrogens with zero attached hydrogens (tertiary/aromatic N) is 1. The number of amides is 1. The second-order valence-electron chi connectivity index (χ2n) is 8.47. The molecule has 1 aliphatic rings. The average Bonchev–Trinajstić information content (AvgIpc) is 3.15. The monoisotopic (exact) mass is 359 g/mol. The van der Waals surface area contributed by atoms with Crippen LogP contribution in [-0.4, -0.2) is 27.6 Å². The molecule has 5 heteroatoms.